The Labute approximate surface area is 113 Å². The van der Waals surface area contributed by atoms with Crippen molar-refractivity contribution in [2.45, 2.75) is 85.7 Å². The van der Waals surface area contributed by atoms with Gasteiger partial charge in [-0.1, -0.05) is 47.5 Å². The molecule has 0 N–H and O–H groups in total. The van der Waals surface area contributed by atoms with E-state index in [1.165, 1.54) is 12.8 Å². The average Bonchev–Trinajstić information content (AvgIpc) is 2.33. The molecule has 0 fully saturated rings. The molecule has 0 aliphatic carbocycles. The summed E-state index contributed by atoms with van der Waals surface area (Å²) in [6, 6.07) is 0. The SMILES string of the molecule is CCCC(CCC(C)CC)OC(=O)CCC(C)C. The minimum Gasteiger partial charge on any atom is -0.462 e. The summed E-state index contributed by atoms with van der Waals surface area (Å²) < 4.78 is 5.60. The molecule has 0 aliphatic rings. The zero-order valence-electron chi connectivity index (χ0n) is 13.0. The Balaban J connectivity index is 3.97. The van der Waals surface area contributed by atoms with Crippen LogP contribution in [0.1, 0.15) is 79.6 Å². The van der Waals surface area contributed by atoms with Crippen molar-refractivity contribution in [2.75, 3.05) is 0 Å². The molecule has 0 rings (SSSR count). The predicted molar refractivity (Wildman–Crippen MR) is 77.5 cm³/mol. The molecule has 108 valence electrons. The highest BCUT2D eigenvalue weighted by atomic mass is 16.5. The molecule has 0 aromatic rings. The molecule has 2 nitrogen and oxygen atoms in total. The van der Waals surface area contributed by atoms with Gasteiger partial charge in [0.25, 0.3) is 0 Å². The van der Waals surface area contributed by atoms with E-state index in [0.29, 0.717) is 12.3 Å². The lowest BCUT2D eigenvalue weighted by Crippen LogP contribution is -2.19. The average molecular weight is 256 g/mol. The van der Waals surface area contributed by atoms with Crippen LogP contribution in [0.15, 0.2) is 0 Å². The van der Waals surface area contributed by atoms with E-state index in [2.05, 4.69) is 34.6 Å². The van der Waals surface area contributed by atoms with Crippen molar-refractivity contribution in [3.63, 3.8) is 0 Å². The number of hydrogen-bond acceptors (Lipinski definition) is 2. The molecule has 2 heteroatoms. The maximum Gasteiger partial charge on any atom is 0.306 e. The van der Waals surface area contributed by atoms with Crippen LogP contribution < -0.4 is 0 Å². The lowest BCUT2D eigenvalue weighted by Gasteiger charge is -2.19. The number of carbonyl (C=O) groups is 1. The minimum absolute atomic E-state index is 0.00805. The smallest absolute Gasteiger partial charge is 0.306 e. The van der Waals surface area contributed by atoms with Crippen LogP contribution in [-0.4, -0.2) is 12.1 Å². The van der Waals surface area contributed by atoms with Gasteiger partial charge < -0.3 is 4.74 Å². The Morgan fingerprint density at radius 1 is 1.00 bits per heavy atom. The van der Waals surface area contributed by atoms with Crippen LogP contribution >= 0.6 is 0 Å². The van der Waals surface area contributed by atoms with Crippen LogP contribution in [0.3, 0.4) is 0 Å². The van der Waals surface area contributed by atoms with E-state index < -0.39 is 0 Å². The van der Waals surface area contributed by atoms with Crippen molar-refractivity contribution >= 4 is 5.97 Å². The van der Waals surface area contributed by atoms with Crippen molar-refractivity contribution in [2.24, 2.45) is 11.8 Å². The zero-order chi connectivity index (χ0) is 14.0. The quantitative estimate of drug-likeness (QED) is 0.516. The topological polar surface area (TPSA) is 26.3 Å². The maximum atomic E-state index is 11.7. The van der Waals surface area contributed by atoms with Crippen molar-refractivity contribution in [3.8, 4) is 0 Å². The molecule has 0 spiro atoms. The van der Waals surface area contributed by atoms with E-state index in [1.54, 1.807) is 0 Å². The second-order valence-corrected chi connectivity index (χ2v) is 5.92. The lowest BCUT2D eigenvalue weighted by molar-refractivity contribution is -0.150. The molecule has 0 saturated heterocycles. The molecule has 0 heterocycles. The number of rotatable bonds is 10. The first kappa shape index (κ1) is 17.5. The molecule has 2 atom stereocenters. The number of hydrogen-bond donors (Lipinski definition) is 0. The molecule has 0 amide bonds. The van der Waals surface area contributed by atoms with Gasteiger partial charge in [0, 0.05) is 6.42 Å². The standard InChI is InChI=1S/C16H32O2/c1-6-8-15(11-10-14(5)7-2)18-16(17)12-9-13(3)4/h13-15H,6-12H2,1-5H3. The first-order valence-electron chi connectivity index (χ1n) is 7.69. The van der Waals surface area contributed by atoms with Gasteiger partial charge in [-0.2, -0.15) is 0 Å². The summed E-state index contributed by atoms with van der Waals surface area (Å²) in [4.78, 5) is 11.7. The molecule has 0 bridgehead atoms. The predicted octanol–water partition coefficient (Wildman–Crippen LogP) is 4.96. The summed E-state index contributed by atoms with van der Waals surface area (Å²) in [6.07, 6.45) is 7.13. The van der Waals surface area contributed by atoms with E-state index in [-0.39, 0.29) is 12.1 Å². The van der Waals surface area contributed by atoms with Gasteiger partial charge in [0.05, 0.1) is 0 Å². The molecule has 0 aliphatic heterocycles. The molecular weight excluding hydrogens is 224 g/mol. The second kappa shape index (κ2) is 10.4. The van der Waals surface area contributed by atoms with Gasteiger partial charge in [0.1, 0.15) is 6.10 Å². The summed E-state index contributed by atoms with van der Waals surface area (Å²) in [5.41, 5.74) is 0. The molecule has 0 saturated carbocycles. The maximum absolute atomic E-state index is 11.7. The van der Waals surface area contributed by atoms with Crippen LogP contribution in [0, 0.1) is 11.8 Å². The highest BCUT2D eigenvalue weighted by Gasteiger charge is 2.15. The van der Waals surface area contributed by atoms with Crippen LogP contribution in [0.2, 0.25) is 0 Å². The largest absolute Gasteiger partial charge is 0.462 e. The van der Waals surface area contributed by atoms with Crippen LogP contribution in [0.25, 0.3) is 0 Å². The highest BCUT2D eigenvalue weighted by Crippen LogP contribution is 2.17. The van der Waals surface area contributed by atoms with Gasteiger partial charge in [-0.05, 0) is 37.5 Å². The van der Waals surface area contributed by atoms with Gasteiger partial charge >= 0.3 is 5.97 Å². The highest BCUT2D eigenvalue weighted by molar-refractivity contribution is 5.69. The fourth-order valence-corrected chi connectivity index (χ4v) is 1.91. The van der Waals surface area contributed by atoms with Gasteiger partial charge in [-0.3, -0.25) is 4.79 Å². The van der Waals surface area contributed by atoms with Crippen LogP contribution in [-0.2, 0) is 9.53 Å². The Hall–Kier alpha value is -0.530. The Bertz CT molecular complexity index is 211. The lowest BCUT2D eigenvalue weighted by atomic mass is 9.98. The number of ether oxygens (including phenoxy) is 1. The molecular formula is C16H32O2. The third-order valence-corrected chi connectivity index (χ3v) is 3.51. The first-order valence-corrected chi connectivity index (χ1v) is 7.69. The van der Waals surface area contributed by atoms with Crippen LogP contribution in [0.5, 0.6) is 0 Å². The fraction of sp³-hybridized carbons (Fsp3) is 0.938. The summed E-state index contributed by atoms with van der Waals surface area (Å²) in [6.45, 7) is 10.9. The third-order valence-electron chi connectivity index (χ3n) is 3.51. The van der Waals surface area contributed by atoms with Crippen molar-refractivity contribution < 1.29 is 9.53 Å². The molecule has 2 unspecified atom stereocenters. The third kappa shape index (κ3) is 9.49. The van der Waals surface area contributed by atoms with Crippen molar-refractivity contribution in [3.05, 3.63) is 0 Å². The van der Waals surface area contributed by atoms with Gasteiger partial charge in [0.2, 0.25) is 0 Å². The van der Waals surface area contributed by atoms with Crippen molar-refractivity contribution in [1.29, 1.82) is 0 Å². The summed E-state index contributed by atoms with van der Waals surface area (Å²) in [5, 5.41) is 0. The van der Waals surface area contributed by atoms with E-state index >= 15 is 0 Å². The van der Waals surface area contributed by atoms with E-state index in [1.807, 2.05) is 0 Å². The van der Waals surface area contributed by atoms with Gasteiger partial charge in [0.15, 0.2) is 0 Å². The zero-order valence-corrected chi connectivity index (χ0v) is 13.0. The van der Waals surface area contributed by atoms with E-state index in [0.717, 1.165) is 31.6 Å². The monoisotopic (exact) mass is 256 g/mol. The van der Waals surface area contributed by atoms with Gasteiger partial charge in [-0.15, -0.1) is 0 Å². The first-order chi connectivity index (χ1) is 8.49. The van der Waals surface area contributed by atoms with E-state index in [9.17, 15) is 4.79 Å². The summed E-state index contributed by atoms with van der Waals surface area (Å²) in [5.74, 6) is 1.30. The Morgan fingerprint density at radius 2 is 1.67 bits per heavy atom. The minimum atomic E-state index is -0.00805. The number of esters is 1. The van der Waals surface area contributed by atoms with Crippen molar-refractivity contribution in [1.82, 2.24) is 0 Å². The van der Waals surface area contributed by atoms with Crippen LogP contribution in [0.4, 0.5) is 0 Å². The summed E-state index contributed by atoms with van der Waals surface area (Å²) in [7, 11) is 0. The molecule has 0 radical (unpaired) electrons. The second-order valence-electron chi connectivity index (χ2n) is 5.92. The molecule has 0 aromatic heterocycles. The Kier molecular flexibility index (Phi) is 10.1. The fourth-order valence-electron chi connectivity index (χ4n) is 1.91. The normalized spacial score (nSPS) is 14.6. The molecule has 18 heavy (non-hydrogen) atoms. The summed E-state index contributed by atoms with van der Waals surface area (Å²) >= 11 is 0. The van der Waals surface area contributed by atoms with E-state index in [4.69, 9.17) is 4.74 Å². The number of carbonyl (C=O) groups excluding carboxylic acids is 1. The Morgan fingerprint density at radius 3 is 2.17 bits per heavy atom. The molecule has 0 aromatic carbocycles. The van der Waals surface area contributed by atoms with Gasteiger partial charge in [-0.25, -0.2) is 0 Å².